The van der Waals surface area contributed by atoms with Crippen molar-refractivity contribution in [2.45, 2.75) is 281 Å². The Hall–Kier alpha value is -0.920. The number of aliphatic hydroxyl groups is 5. The lowest BCUT2D eigenvalue weighted by Gasteiger charge is -2.41. The SMILES string of the molecule is CCCCCCCCC/C=C\CCCCCCCC(=O)OC(COCCCCCCCCCCCCCCCCCCCCCC)COP(=O)(O)OC1C(O)C(O)C(O)C(O)C1O. The molecule has 6 N–H and O–H groups in total. The third-order valence-corrected chi connectivity index (χ3v) is 13.4. The zero-order chi connectivity index (χ0) is 46.2. The first-order valence-electron chi connectivity index (χ1n) is 26.0. The molecule has 63 heavy (non-hydrogen) atoms. The number of hydrogen-bond acceptors (Lipinski definition) is 11. The predicted octanol–water partition coefficient (Wildman–Crippen LogP) is 11.5. The van der Waals surface area contributed by atoms with Crippen LogP contribution in [0.15, 0.2) is 12.2 Å². The molecule has 0 saturated heterocycles. The molecule has 0 aliphatic heterocycles. The number of esters is 1. The minimum atomic E-state index is -5.02. The number of phosphoric acid groups is 1. The quantitative estimate of drug-likeness (QED) is 0.0147. The molecule has 6 atom stereocenters. The molecule has 0 heterocycles. The largest absolute Gasteiger partial charge is 0.472 e. The van der Waals surface area contributed by atoms with E-state index in [0.29, 0.717) is 13.0 Å². The lowest BCUT2D eigenvalue weighted by molar-refractivity contribution is -0.220. The molecule has 1 aliphatic rings. The van der Waals surface area contributed by atoms with Crippen LogP contribution in [-0.2, 0) is 27.9 Å². The monoisotopic (exact) mass is 921 g/mol. The number of rotatable bonds is 45. The minimum absolute atomic E-state index is 0.0738. The van der Waals surface area contributed by atoms with Crippen LogP contribution in [-0.4, -0.2) is 98.9 Å². The third-order valence-electron chi connectivity index (χ3n) is 12.4. The molecule has 0 bridgehead atoms. The van der Waals surface area contributed by atoms with E-state index >= 15 is 0 Å². The van der Waals surface area contributed by atoms with Crippen molar-refractivity contribution in [1.29, 1.82) is 0 Å². The lowest BCUT2D eigenvalue weighted by atomic mass is 9.85. The second-order valence-electron chi connectivity index (χ2n) is 18.4. The Balaban J connectivity index is 2.32. The van der Waals surface area contributed by atoms with Crippen molar-refractivity contribution in [1.82, 2.24) is 0 Å². The predicted molar refractivity (Wildman–Crippen MR) is 253 cm³/mol. The maximum atomic E-state index is 12.8. The Bertz CT molecular complexity index is 1100. The fourth-order valence-corrected chi connectivity index (χ4v) is 9.21. The number of ether oxygens (including phenoxy) is 2. The fourth-order valence-electron chi connectivity index (χ4n) is 8.23. The van der Waals surface area contributed by atoms with E-state index in [1.54, 1.807) is 0 Å². The van der Waals surface area contributed by atoms with E-state index in [1.807, 2.05) is 0 Å². The smallest absolute Gasteiger partial charge is 0.457 e. The molecule has 12 nitrogen and oxygen atoms in total. The molecule has 0 spiro atoms. The number of allylic oxidation sites excluding steroid dienone is 2. The summed E-state index contributed by atoms with van der Waals surface area (Å²) in [7, 11) is -5.02. The molecule has 0 aromatic carbocycles. The van der Waals surface area contributed by atoms with Gasteiger partial charge in [0, 0.05) is 13.0 Å². The summed E-state index contributed by atoms with van der Waals surface area (Å²) < 4.78 is 34.3. The van der Waals surface area contributed by atoms with Crippen LogP contribution in [0.1, 0.15) is 239 Å². The van der Waals surface area contributed by atoms with Gasteiger partial charge in [0.15, 0.2) is 0 Å². The average Bonchev–Trinajstić information content (AvgIpc) is 3.27. The van der Waals surface area contributed by atoms with E-state index in [1.165, 1.54) is 154 Å². The highest BCUT2D eigenvalue weighted by Crippen LogP contribution is 2.47. The van der Waals surface area contributed by atoms with E-state index in [4.69, 9.17) is 18.5 Å². The van der Waals surface area contributed by atoms with E-state index in [9.17, 15) is 39.8 Å². The Morgan fingerprint density at radius 2 is 0.841 bits per heavy atom. The van der Waals surface area contributed by atoms with Gasteiger partial charge in [0.05, 0.1) is 13.2 Å². The van der Waals surface area contributed by atoms with Gasteiger partial charge in [-0.15, -0.1) is 0 Å². The number of aliphatic hydroxyl groups excluding tert-OH is 5. The topological polar surface area (TPSA) is 192 Å². The highest BCUT2D eigenvalue weighted by Gasteiger charge is 2.51. The summed E-state index contributed by atoms with van der Waals surface area (Å²) in [6.07, 6.45) is 34.2. The van der Waals surface area contributed by atoms with Crippen LogP contribution in [0.2, 0.25) is 0 Å². The first-order chi connectivity index (χ1) is 30.5. The molecule has 0 radical (unpaired) electrons. The van der Waals surface area contributed by atoms with Gasteiger partial charge in [0.25, 0.3) is 0 Å². The van der Waals surface area contributed by atoms with Crippen molar-refractivity contribution >= 4 is 13.8 Å². The van der Waals surface area contributed by atoms with E-state index in [0.717, 1.165) is 57.8 Å². The molecule has 13 heteroatoms. The normalized spacial score (nSPS) is 21.8. The summed E-state index contributed by atoms with van der Waals surface area (Å²) >= 11 is 0. The van der Waals surface area contributed by atoms with Gasteiger partial charge in [-0.1, -0.05) is 206 Å². The molecule has 1 aliphatic carbocycles. The van der Waals surface area contributed by atoms with Gasteiger partial charge >= 0.3 is 13.8 Å². The molecule has 1 rings (SSSR count). The Morgan fingerprint density at radius 1 is 0.492 bits per heavy atom. The summed E-state index contributed by atoms with van der Waals surface area (Å²) in [6.45, 7) is 4.29. The highest BCUT2D eigenvalue weighted by molar-refractivity contribution is 7.47. The zero-order valence-electron chi connectivity index (χ0n) is 40.1. The van der Waals surface area contributed by atoms with Crippen LogP contribution >= 0.6 is 7.82 Å². The molecule has 1 fully saturated rings. The number of unbranched alkanes of at least 4 members (excludes halogenated alkanes) is 31. The van der Waals surface area contributed by atoms with Crippen molar-refractivity contribution in [3.63, 3.8) is 0 Å². The molecular weight excluding hydrogens is 824 g/mol. The maximum absolute atomic E-state index is 12.8. The second-order valence-corrected chi connectivity index (χ2v) is 19.8. The molecule has 374 valence electrons. The van der Waals surface area contributed by atoms with Crippen LogP contribution in [0.5, 0.6) is 0 Å². The van der Waals surface area contributed by atoms with E-state index in [2.05, 4.69) is 26.0 Å². The van der Waals surface area contributed by atoms with Crippen LogP contribution in [0.3, 0.4) is 0 Å². The average molecular weight is 921 g/mol. The molecule has 0 aromatic rings. The van der Waals surface area contributed by atoms with Crippen LogP contribution in [0.25, 0.3) is 0 Å². The number of carbonyl (C=O) groups excluding carboxylic acids is 1. The van der Waals surface area contributed by atoms with Gasteiger partial charge in [-0.3, -0.25) is 13.8 Å². The van der Waals surface area contributed by atoms with Gasteiger partial charge in [0.2, 0.25) is 0 Å². The summed E-state index contributed by atoms with van der Waals surface area (Å²) in [5.41, 5.74) is 0. The Morgan fingerprint density at radius 3 is 1.25 bits per heavy atom. The standard InChI is InChI=1S/C50H97O12P/c1-3-5-7-9-11-13-15-17-19-21-22-23-24-26-28-30-32-34-36-38-40-59-41-43(42-60-63(57,58)62-50-48(55)46(53)45(52)47(54)49(50)56)61-44(51)39-37-35-33-31-29-27-25-20-18-16-14-12-10-8-6-4-2/h20,25,43,45-50,52-56H,3-19,21-24,26-42H2,1-2H3,(H,57,58)/b25-20-. The Kier molecular flexibility index (Phi) is 39.4. The zero-order valence-corrected chi connectivity index (χ0v) is 41.0. The van der Waals surface area contributed by atoms with Crippen LogP contribution in [0.4, 0.5) is 0 Å². The molecular formula is C50H97O12P. The van der Waals surface area contributed by atoms with Crippen molar-refractivity contribution in [2.24, 2.45) is 0 Å². The van der Waals surface area contributed by atoms with Gasteiger partial charge in [0.1, 0.15) is 42.7 Å². The molecule has 6 unspecified atom stereocenters. The number of hydrogen-bond donors (Lipinski definition) is 6. The number of carbonyl (C=O) groups is 1. The third kappa shape index (κ3) is 33.2. The summed E-state index contributed by atoms with van der Waals surface area (Å²) in [5, 5.41) is 50.3. The van der Waals surface area contributed by atoms with Crippen molar-refractivity contribution in [3.05, 3.63) is 12.2 Å². The van der Waals surface area contributed by atoms with Gasteiger partial charge in [-0.2, -0.15) is 0 Å². The van der Waals surface area contributed by atoms with Gasteiger partial charge in [-0.05, 0) is 38.5 Å². The summed E-state index contributed by atoms with van der Waals surface area (Å²) in [5.74, 6) is -0.480. The Labute approximate surface area is 384 Å². The first-order valence-corrected chi connectivity index (χ1v) is 27.5. The van der Waals surface area contributed by atoms with Gasteiger partial charge in [-0.25, -0.2) is 4.57 Å². The van der Waals surface area contributed by atoms with E-state index in [-0.39, 0.29) is 13.0 Å². The lowest BCUT2D eigenvalue weighted by Crippen LogP contribution is -2.64. The van der Waals surface area contributed by atoms with Crippen molar-refractivity contribution in [3.8, 4) is 0 Å². The summed E-state index contributed by atoms with van der Waals surface area (Å²) in [4.78, 5) is 23.2. The first kappa shape index (κ1) is 60.1. The van der Waals surface area contributed by atoms with Crippen LogP contribution in [0, 0.1) is 0 Å². The maximum Gasteiger partial charge on any atom is 0.472 e. The minimum Gasteiger partial charge on any atom is -0.457 e. The fraction of sp³-hybridized carbons (Fsp3) is 0.940. The van der Waals surface area contributed by atoms with Crippen LogP contribution < -0.4 is 0 Å². The van der Waals surface area contributed by atoms with E-state index < -0.39 is 63.1 Å². The molecule has 0 amide bonds. The molecule has 0 aromatic heterocycles. The number of phosphoric ester groups is 1. The van der Waals surface area contributed by atoms with Gasteiger partial charge < -0.3 is 39.9 Å². The molecule has 1 saturated carbocycles. The van der Waals surface area contributed by atoms with Crippen molar-refractivity contribution in [2.75, 3.05) is 19.8 Å². The summed E-state index contributed by atoms with van der Waals surface area (Å²) in [6, 6.07) is 0. The second kappa shape index (κ2) is 41.3. The van der Waals surface area contributed by atoms with Crippen molar-refractivity contribution < 1.29 is 58.3 Å². The highest BCUT2D eigenvalue weighted by atomic mass is 31.2.